The Hall–Kier alpha value is -1.56. The average Bonchev–Trinajstić information content (AvgIpc) is 2.65. The topological polar surface area (TPSA) is 83.0 Å². The maximum atomic E-state index is 10.7. The van der Waals surface area contributed by atoms with Crippen LogP contribution in [0.15, 0.2) is 12.3 Å². The molecule has 1 heterocycles. The van der Waals surface area contributed by atoms with Crippen molar-refractivity contribution in [2.45, 2.75) is 13.3 Å². The number of carboxylic acid groups (broad SMARTS) is 1. The highest BCUT2D eigenvalue weighted by Crippen LogP contribution is 2.09. The Balaban J connectivity index is 2.47. The van der Waals surface area contributed by atoms with Crippen molar-refractivity contribution in [3.8, 4) is 0 Å². The van der Waals surface area contributed by atoms with Gasteiger partial charge in [-0.25, -0.2) is 4.79 Å². The van der Waals surface area contributed by atoms with Crippen molar-refractivity contribution in [3.63, 3.8) is 0 Å². The lowest BCUT2D eigenvalue weighted by atomic mass is 10.2. The standard InChI is InChI=1S/C10H12N2O3S/c1-7(13)16-5-3-2-4-8-6-11-12-9(8)10(14)15/h2,4,6H,3,5H2,1H3,(H,11,12)(H,14,15). The van der Waals surface area contributed by atoms with Gasteiger partial charge in [-0.1, -0.05) is 23.9 Å². The molecule has 16 heavy (non-hydrogen) atoms. The van der Waals surface area contributed by atoms with Gasteiger partial charge in [0.05, 0.1) is 6.20 Å². The summed E-state index contributed by atoms with van der Waals surface area (Å²) >= 11 is 1.25. The molecule has 0 bridgehead atoms. The fourth-order valence-corrected chi connectivity index (χ4v) is 1.62. The smallest absolute Gasteiger partial charge is 0.354 e. The molecule has 0 spiro atoms. The van der Waals surface area contributed by atoms with Crippen LogP contribution in [-0.2, 0) is 4.79 Å². The zero-order chi connectivity index (χ0) is 12.0. The van der Waals surface area contributed by atoms with Gasteiger partial charge in [-0.3, -0.25) is 9.89 Å². The molecular formula is C10H12N2O3S. The minimum absolute atomic E-state index is 0.0791. The van der Waals surface area contributed by atoms with Gasteiger partial charge in [-0.05, 0) is 6.42 Å². The van der Waals surface area contributed by atoms with Crippen molar-refractivity contribution in [2.75, 3.05) is 5.75 Å². The number of H-pyrrole nitrogens is 1. The molecule has 0 radical (unpaired) electrons. The second-order valence-corrected chi connectivity index (χ2v) is 4.31. The zero-order valence-electron chi connectivity index (χ0n) is 8.77. The molecule has 2 N–H and O–H groups in total. The predicted octanol–water partition coefficient (Wildman–Crippen LogP) is 1.79. The maximum Gasteiger partial charge on any atom is 0.354 e. The summed E-state index contributed by atoms with van der Waals surface area (Å²) in [5.41, 5.74) is 0.621. The Morgan fingerprint density at radius 1 is 1.62 bits per heavy atom. The van der Waals surface area contributed by atoms with Crippen molar-refractivity contribution in [2.24, 2.45) is 0 Å². The van der Waals surface area contributed by atoms with Gasteiger partial charge in [-0.2, -0.15) is 5.10 Å². The van der Waals surface area contributed by atoms with Crippen molar-refractivity contribution in [1.29, 1.82) is 0 Å². The fourth-order valence-electron chi connectivity index (χ4n) is 1.07. The van der Waals surface area contributed by atoms with Gasteiger partial charge in [0, 0.05) is 18.2 Å². The molecule has 0 aliphatic carbocycles. The van der Waals surface area contributed by atoms with E-state index in [1.165, 1.54) is 24.9 Å². The third kappa shape index (κ3) is 3.90. The van der Waals surface area contributed by atoms with E-state index in [4.69, 9.17) is 5.11 Å². The molecule has 0 saturated heterocycles. The summed E-state index contributed by atoms with van der Waals surface area (Å²) in [5, 5.41) is 14.9. The molecule has 0 unspecified atom stereocenters. The molecule has 0 amide bonds. The summed E-state index contributed by atoms with van der Waals surface area (Å²) in [5.74, 6) is -0.332. The summed E-state index contributed by atoms with van der Waals surface area (Å²) in [4.78, 5) is 21.3. The summed E-state index contributed by atoms with van der Waals surface area (Å²) in [6.45, 7) is 1.52. The van der Waals surface area contributed by atoms with E-state index in [1.54, 1.807) is 6.08 Å². The molecule has 0 aliphatic rings. The largest absolute Gasteiger partial charge is 0.477 e. The third-order valence-corrected chi connectivity index (χ3v) is 2.62. The quantitative estimate of drug-likeness (QED) is 0.767. The molecule has 0 atom stereocenters. The average molecular weight is 240 g/mol. The molecule has 6 heteroatoms. The SMILES string of the molecule is CC(=O)SCCC=Cc1cn[nH]c1C(=O)O. The van der Waals surface area contributed by atoms with Gasteiger partial charge < -0.3 is 5.11 Å². The van der Waals surface area contributed by atoms with Gasteiger partial charge in [0.15, 0.2) is 10.8 Å². The monoisotopic (exact) mass is 240 g/mol. The lowest BCUT2D eigenvalue weighted by Crippen LogP contribution is -1.98. The normalized spacial score (nSPS) is 10.8. The molecule has 0 aromatic carbocycles. The highest BCUT2D eigenvalue weighted by molar-refractivity contribution is 8.13. The van der Waals surface area contributed by atoms with Crippen molar-refractivity contribution in [3.05, 3.63) is 23.5 Å². The van der Waals surface area contributed by atoms with Crippen LogP contribution in [0.2, 0.25) is 0 Å². The Bertz CT molecular complexity index is 412. The first kappa shape index (κ1) is 12.5. The van der Waals surface area contributed by atoms with Crippen molar-refractivity contribution in [1.82, 2.24) is 10.2 Å². The minimum Gasteiger partial charge on any atom is -0.477 e. The number of thioether (sulfide) groups is 1. The van der Waals surface area contributed by atoms with Crippen LogP contribution in [-0.4, -0.2) is 32.1 Å². The van der Waals surface area contributed by atoms with E-state index >= 15 is 0 Å². The maximum absolute atomic E-state index is 10.7. The first-order chi connectivity index (χ1) is 7.61. The van der Waals surface area contributed by atoms with Gasteiger partial charge in [-0.15, -0.1) is 0 Å². The number of hydrogen-bond acceptors (Lipinski definition) is 4. The molecule has 0 saturated carbocycles. The second kappa shape index (κ2) is 6.12. The fraction of sp³-hybridized carbons (Fsp3) is 0.300. The number of rotatable bonds is 5. The first-order valence-electron chi connectivity index (χ1n) is 4.68. The third-order valence-electron chi connectivity index (χ3n) is 1.77. The van der Waals surface area contributed by atoms with Crippen LogP contribution in [0.25, 0.3) is 6.08 Å². The predicted molar refractivity (Wildman–Crippen MR) is 62.3 cm³/mol. The van der Waals surface area contributed by atoms with Crippen LogP contribution in [0.3, 0.4) is 0 Å². The number of carboxylic acids is 1. The number of nitrogens with zero attached hydrogens (tertiary/aromatic N) is 1. The van der Waals surface area contributed by atoms with E-state index in [-0.39, 0.29) is 10.8 Å². The molecule has 1 rings (SSSR count). The Morgan fingerprint density at radius 2 is 2.38 bits per heavy atom. The van der Waals surface area contributed by atoms with Crippen LogP contribution >= 0.6 is 11.8 Å². The molecule has 5 nitrogen and oxygen atoms in total. The molecule has 0 fully saturated rings. The number of nitrogens with one attached hydrogen (secondary N) is 1. The van der Waals surface area contributed by atoms with Gasteiger partial charge in [0.25, 0.3) is 0 Å². The van der Waals surface area contributed by atoms with E-state index in [1.807, 2.05) is 6.08 Å². The summed E-state index contributed by atoms with van der Waals surface area (Å²) in [6.07, 6.45) is 5.69. The lowest BCUT2D eigenvalue weighted by Gasteiger charge is -1.92. The highest BCUT2D eigenvalue weighted by atomic mass is 32.2. The molecule has 1 aromatic heterocycles. The summed E-state index contributed by atoms with van der Waals surface area (Å²) in [7, 11) is 0. The van der Waals surface area contributed by atoms with Crippen LogP contribution in [0.5, 0.6) is 0 Å². The number of aromatic amines is 1. The summed E-state index contributed by atoms with van der Waals surface area (Å²) in [6, 6.07) is 0. The number of carbonyl (C=O) groups is 2. The number of allylic oxidation sites excluding steroid dienone is 1. The van der Waals surface area contributed by atoms with E-state index in [9.17, 15) is 9.59 Å². The molecule has 1 aromatic rings. The van der Waals surface area contributed by atoms with Crippen LogP contribution in [0.4, 0.5) is 0 Å². The molecular weight excluding hydrogens is 228 g/mol. The summed E-state index contributed by atoms with van der Waals surface area (Å²) < 4.78 is 0. The number of aromatic nitrogens is 2. The van der Waals surface area contributed by atoms with Crippen molar-refractivity contribution < 1.29 is 14.7 Å². The number of carbonyl (C=O) groups excluding carboxylic acids is 1. The van der Waals surface area contributed by atoms with E-state index in [0.29, 0.717) is 17.7 Å². The molecule has 86 valence electrons. The Kier molecular flexibility index (Phi) is 4.78. The first-order valence-corrected chi connectivity index (χ1v) is 5.66. The van der Waals surface area contributed by atoms with Gasteiger partial charge in [0.1, 0.15) is 0 Å². The van der Waals surface area contributed by atoms with E-state index in [0.717, 1.165) is 0 Å². The Morgan fingerprint density at radius 3 is 3.00 bits per heavy atom. The van der Waals surface area contributed by atoms with Crippen molar-refractivity contribution >= 4 is 28.9 Å². The van der Waals surface area contributed by atoms with Gasteiger partial charge >= 0.3 is 5.97 Å². The Labute approximate surface area is 96.9 Å². The van der Waals surface area contributed by atoms with E-state index in [2.05, 4.69) is 10.2 Å². The lowest BCUT2D eigenvalue weighted by molar-refractivity contribution is -0.109. The van der Waals surface area contributed by atoms with Crippen LogP contribution in [0.1, 0.15) is 29.4 Å². The second-order valence-electron chi connectivity index (χ2n) is 3.04. The molecule has 0 aliphatic heterocycles. The number of aromatic carboxylic acids is 1. The zero-order valence-corrected chi connectivity index (χ0v) is 9.58. The highest BCUT2D eigenvalue weighted by Gasteiger charge is 2.08. The van der Waals surface area contributed by atoms with Gasteiger partial charge in [0.2, 0.25) is 0 Å². The van der Waals surface area contributed by atoms with Crippen LogP contribution < -0.4 is 0 Å². The van der Waals surface area contributed by atoms with Crippen LogP contribution in [0, 0.1) is 0 Å². The number of hydrogen-bond donors (Lipinski definition) is 2. The minimum atomic E-state index is -1.03. The van der Waals surface area contributed by atoms with E-state index < -0.39 is 5.97 Å².